The molecule has 3 nitrogen and oxygen atoms in total. The van der Waals surface area contributed by atoms with Gasteiger partial charge in [-0.2, -0.15) is 0 Å². The fourth-order valence-electron chi connectivity index (χ4n) is 2.15. The third-order valence-electron chi connectivity index (χ3n) is 3.38. The highest BCUT2D eigenvalue weighted by molar-refractivity contribution is 4.84. The average Bonchev–Trinajstić information content (AvgIpc) is 3.06. The number of nitrogens with one attached hydrogen (secondary N) is 1. The van der Waals surface area contributed by atoms with E-state index in [0.717, 1.165) is 25.7 Å². The molecule has 0 aromatic carbocycles. The van der Waals surface area contributed by atoms with Gasteiger partial charge in [-0.05, 0) is 33.1 Å². The van der Waals surface area contributed by atoms with Gasteiger partial charge in [-0.1, -0.05) is 6.92 Å². The second-order valence-electron chi connectivity index (χ2n) is 5.07. The highest BCUT2D eigenvalue weighted by Gasteiger charge is 2.24. The lowest BCUT2D eigenvalue weighted by Gasteiger charge is -2.34. The van der Waals surface area contributed by atoms with Gasteiger partial charge in [-0.15, -0.1) is 0 Å². The second kappa shape index (κ2) is 7.25. The lowest BCUT2D eigenvalue weighted by Crippen LogP contribution is -2.47. The fraction of sp³-hybridized carbons (Fsp3) is 1.00. The molecule has 1 unspecified atom stereocenters. The van der Waals surface area contributed by atoms with Crippen molar-refractivity contribution in [2.45, 2.75) is 58.2 Å². The molecule has 1 aliphatic rings. The Balaban J connectivity index is 2.35. The van der Waals surface area contributed by atoms with E-state index < -0.39 is 0 Å². The van der Waals surface area contributed by atoms with Gasteiger partial charge in [0.1, 0.15) is 0 Å². The third kappa shape index (κ3) is 4.81. The average molecular weight is 228 g/mol. The monoisotopic (exact) mass is 228 g/mol. The van der Waals surface area contributed by atoms with Gasteiger partial charge in [0.05, 0.1) is 6.61 Å². The van der Waals surface area contributed by atoms with Gasteiger partial charge in [0.2, 0.25) is 0 Å². The molecule has 96 valence electrons. The first-order chi connectivity index (χ1) is 7.69. The highest BCUT2D eigenvalue weighted by atomic mass is 16.5. The Morgan fingerprint density at radius 1 is 1.38 bits per heavy atom. The van der Waals surface area contributed by atoms with Gasteiger partial charge in [0, 0.05) is 38.3 Å². The molecule has 0 saturated heterocycles. The number of nitrogens with zero attached hydrogens (tertiary/aromatic N) is 1. The Bertz CT molecular complexity index is 181. The molecule has 1 aliphatic carbocycles. The van der Waals surface area contributed by atoms with Crippen LogP contribution < -0.4 is 5.32 Å². The first kappa shape index (κ1) is 13.9. The van der Waals surface area contributed by atoms with Crippen molar-refractivity contribution in [2.75, 3.05) is 26.8 Å². The van der Waals surface area contributed by atoms with Crippen LogP contribution in [-0.2, 0) is 4.74 Å². The quantitative estimate of drug-likeness (QED) is 0.652. The molecule has 0 amide bonds. The smallest absolute Gasteiger partial charge is 0.0589 e. The van der Waals surface area contributed by atoms with Crippen LogP contribution in [0.2, 0.25) is 0 Å². The molecule has 1 N–H and O–H groups in total. The zero-order chi connectivity index (χ0) is 12.0. The van der Waals surface area contributed by atoms with Crippen molar-refractivity contribution in [3.8, 4) is 0 Å². The number of rotatable bonds is 9. The van der Waals surface area contributed by atoms with Crippen molar-refractivity contribution in [1.82, 2.24) is 10.2 Å². The Kier molecular flexibility index (Phi) is 6.32. The van der Waals surface area contributed by atoms with E-state index in [-0.39, 0.29) is 0 Å². The molecule has 1 atom stereocenters. The maximum atomic E-state index is 5.19. The predicted octanol–water partition coefficient (Wildman–Crippen LogP) is 1.87. The van der Waals surface area contributed by atoms with Crippen LogP contribution in [0, 0.1) is 0 Å². The second-order valence-corrected chi connectivity index (χ2v) is 5.07. The first-order valence-corrected chi connectivity index (χ1v) is 6.67. The van der Waals surface area contributed by atoms with E-state index in [2.05, 4.69) is 31.0 Å². The summed E-state index contributed by atoms with van der Waals surface area (Å²) in [6.45, 7) is 9.83. The van der Waals surface area contributed by atoms with E-state index in [9.17, 15) is 0 Å². The summed E-state index contributed by atoms with van der Waals surface area (Å²) < 4.78 is 5.19. The summed E-state index contributed by atoms with van der Waals surface area (Å²) in [5, 5.41) is 3.64. The molecule has 0 aromatic rings. The van der Waals surface area contributed by atoms with Crippen LogP contribution >= 0.6 is 0 Å². The van der Waals surface area contributed by atoms with Crippen molar-refractivity contribution in [3.05, 3.63) is 0 Å². The molecular formula is C13H28N2O. The topological polar surface area (TPSA) is 24.5 Å². The van der Waals surface area contributed by atoms with E-state index in [0.29, 0.717) is 12.1 Å². The first-order valence-electron chi connectivity index (χ1n) is 6.67. The van der Waals surface area contributed by atoms with Crippen LogP contribution in [0.4, 0.5) is 0 Å². The minimum atomic E-state index is 0.598. The third-order valence-corrected chi connectivity index (χ3v) is 3.38. The molecule has 0 aromatic heterocycles. The predicted molar refractivity (Wildman–Crippen MR) is 68.8 cm³/mol. The number of hydrogen-bond donors (Lipinski definition) is 1. The molecule has 0 spiro atoms. The summed E-state index contributed by atoms with van der Waals surface area (Å²) in [5.74, 6) is 0. The molecule has 3 heteroatoms. The molecule has 1 fully saturated rings. The summed E-state index contributed by atoms with van der Waals surface area (Å²) in [6, 6.07) is 2.06. The molecular weight excluding hydrogens is 200 g/mol. The van der Waals surface area contributed by atoms with Crippen molar-refractivity contribution in [2.24, 2.45) is 0 Å². The number of ether oxygens (including phenoxy) is 1. The normalized spacial score (nSPS) is 18.4. The van der Waals surface area contributed by atoms with Gasteiger partial charge in [-0.3, -0.25) is 4.90 Å². The van der Waals surface area contributed by atoms with E-state index in [1.165, 1.54) is 19.3 Å². The van der Waals surface area contributed by atoms with Gasteiger partial charge in [0.15, 0.2) is 0 Å². The summed E-state index contributed by atoms with van der Waals surface area (Å²) in [4.78, 5) is 2.55. The lowest BCUT2D eigenvalue weighted by molar-refractivity contribution is 0.0927. The molecule has 0 heterocycles. The maximum absolute atomic E-state index is 5.19. The molecule has 16 heavy (non-hydrogen) atoms. The largest absolute Gasteiger partial charge is 0.383 e. The standard InChI is InChI=1S/C13H28N2O/c1-5-13(10-14-12-6-7-12)15(11(2)3)8-9-16-4/h11-14H,5-10H2,1-4H3. The van der Waals surface area contributed by atoms with Crippen molar-refractivity contribution in [1.29, 1.82) is 0 Å². The number of methoxy groups -OCH3 is 1. The SMILES string of the molecule is CCC(CNC1CC1)N(CCOC)C(C)C. The molecule has 0 radical (unpaired) electrons. The van der Waals surface area contributed by atoms with Crippen molar-refractivity contribution >= 4 is 0 Å². The van der Waals surface area contributed by atoms with Crippen LogP contribution in [0.1, 0.15) is 40.0 Å². The Morgan fingerprint density at radius 3 is 2.50 bits per heavy atom. The van der Waals surface area contributed by atoms with Crippen LogP contribution in [0.5, 0.6) is 0 Å². The summed E-state index contributed by atoms with van der Waals surface area (Å²) in [5.41, 5.74) is 0. The van der Waals surface area contributed by atoms with E-state index in [1.54, 1.807) is 7.11 Å². The van der Waals surface area contributed by atoms with Gasteiger partial charge >= 0.3 is 0 Å². The van der Waals surface area contributed by atoms with E-state index >= 15 is 0 Å². The fourth-order valence-corrected chi connectivity index (χ4v) is 2.15. The highest BCUT2D eigenvalue weighted by Crippen LogP contribution is 2.19. The number of hydrogen-bond acceptors (Lipinski definition) is 3. The van der Waals surface area contributed by atoms with E-state index in [1.807, 2.05) is 0 Å². The Morgan fingerprint density at radius 2 is 2.06 bits per heavy atom. The molecule has 1 rings (SSSR count). The van der Waals surface area contributed by atoms with E-state index in [4.69, 9.17) is 4.74 Å². The van der Waals surface area contributed by atoms with Crippen molar-refractivity contribution in [3.63, 3.8) is 0 Å². The van der Waals surface area contributed by atoms with Gasteiger partial charge in [-0.25, -0.2) is 0 Å². The van der Waals surface area contributed by atoms with Crippen LogP contribution in [0.3, 0.4) is 0 Å². The maximum Gasteiger partial charge on any atom is 0.0589 e. The summed E-state index contributed by atoms with van der Waals surface area (Å²) >= 11 is 0. The van der Waals surface area contributed by atoms with Gasteiger partial charge < -0.3 is 10.1 Å². The minimum absolute atomic E-state index is 0.598. The minimum Gasteiger partial charge on any atom is -0.383 e. The van der Waals surface area contributed by atoms with Gasteiger partial charge in [0.25, 0.3) is 0 Å². The van der Waals surface area contributed by atoms with Crippen LogP contribution in [0.25, 0.3) is 0 Å². The lowest BCUT2D eigenvalue weighted by atomic mass is 10.1. The molecule has 1 saturated carbocycles. The zero-order valence-electron chi connectivity index (χ0n) is 11.3. The molecule has 0 bridgehead atoms. The van der Waals surface area contributed by atoms with Crippen LogP contribution in [0.15, 0.2) is 0 Å². The summed E-state index contributed by atoms with van der Waals surface area (Å²) in [6.07, 6.45) is 3.95. The Labute approximate surface area is 101 Å². The van der Waals surface area contributed by atoms with Crippen LogP contribution in [-0.4, -0.2) is 49.8 Å². The van der Waals surface area contributed by atoms with Crippen molar-refractivity contribution < 1.29 is 4.74 Å². The Hall–Kier alpha value is -0.120. The molecule has 0 aliphatic heterocycles. The summed E-state index contributed by atoms with van der Waals surface area (Å²) in [7, 11) is 1.78. The zero-order valence-corrected chi connectivity index (χ0v) is 11.3.